The highest BCUT2D eigenvalue weighted by molar-refractivity contribution is 7.17. The van der Waals surface area contributed by atoms with E-state index in [1.807, 2.05) is 24.3 Å². The molecule has 0 radical (unpaired) electrons. The fraction of sp³-hybridized carbons (Fsp3) is 0.250. The molecule has 2 nitrogen and oxygen atoms in total. The van der Waals surface area contributed by atoms with Crippen LogP contribution >= 0.6 is 11.3 Å². The Bertz CT molecular complexity index is 831. The Hall–Kier alpha value is -1.97. The van der Waals surface area contributed by atoms with Gasteiger partial charge in [0.15, 0.2) is 5.78 Å². The Labute approximate surface area is 140 Å². The quantitative estimate of drug-likeness (QED) is 0.726. The first-order valence-corrected chi connectivity index (χ1v) is 8.92. The second-order valence-electron chi connectivity index (χ2n) is 6.37. The minimum absolute atomic E-state index is 0.277. The van der Waals surface area contributed by atoms with Gasteiger partial charge in [-0.2, -0.15) is 0 Å². The van der Waals surface area contributed by atoms with E-state index in [0.29, 0.717) is 0 Å². The summed E-state index contributed by atoms with van der Waals surface area (Å²) in [6, 6.07) is 18.6. The number of ketones is 1. The minimum atomic E-state index is -0.314. The fourth-order valence-electron chi connectivity index (χ4n) is 3.57. The van der Waals surface area contributed by atoms with Gasteiger partial charge in [0.1, 0.15) is 0 Å². The van der Waals surface area contributed by atoms with Crippen LogP contribution in [0.15, 0.2) is 60.0 Å². The number of hydrogen-bond donors (Lipinski definition) is 1. The Morgan fingerprint density at radius 1 is 1.13 bits per heavy atom. The van der Waals surface area contributed by atoms with Crippen LogP contribution in [0.4, 0.5) is 0 Å². The van der Waals surface area contributed by atoms with Crippen molar-refractivity contribution in [3.63, 3.8) is 0 Å². The van der Waals surface area contributed by atoms with E-state index in [0.717, 1.165) is 31.5 Å². The van der Waals surface area contributed by atoms with Crippen molar-refractivity contribution in [3.05, 3.63) is 71.1 Å². The lowest BCUT2D eigenvalue weighted by atomic mass is 9.75. The van der Waals surface area contributed by atoms with Crippen molar-refractivity contribution >= 4 is 27.2 Å². The predicted octanol–water partition coefficient (Wildman–Crippen LogP) is 4.31. The van der Waals surface area contributed by atoms with Crippen molar-refractivity contribution in [2.75, 3.05) is 13.1 Å². The zero-order valence-electron chi connectivity index (χ0n) is 12.9. The maximum atomic E-state index is 13.3. The second-order valence-corrected chi connectivity index (χ2v) is 7.32. The molecule has 0 bridgehead atoms. The number of fused-ring (bicyclic) bond motifs is 1. The molecule has 1 aliphatic rings. The minimum Gasteiger partial charge on any atom is -0.316 e. The standard InChI is InChI=1S/C20H19NOS/c22-19(17-6-7-18-16(12-17)8-11-23-18)20(9-10-21-14-20)13-15-4-2-1-3-5-15/h1-8,11-12,21H,9-10,13-14H2. The molecule has 116 valence electrons. The van der Waals surface area contributed by atoms with Crippen molar-refractivity contribution in [3.8, 4) is 0 Å². The van der Waals surface area contributed by atoms with Gasteiger partial charge in [-0.05, 0) is 60.0 Å². The van der Waals surface area contributed by atoms with Crippen LogP contribution in [0.5, 0.6) is 0 Å². The Morgan fingerprint density at radius 2 is 2.00 bits per heavy atom. The number of Topliss-reactive ketones (excluding diaryl/α,β-unsaturated/α-hetero) is 1. The van der Waals surface area contributed by atoms with Gasteiger partial charge in [0, 0.05) is 16.8 Å². The average molecular weight is 321 g/mol. The van der Waals surface area contributed by atoms with Crippen LogP contribution in [0.1, 0.15) is 22.3 Å². The van der Waals surface area contributed by atoms with E-state index >= 15 is 0 Å². The van der Waals surface area contributed by atoms with Gasteiger partial charge in [0.2, 0.25) is 0 Å². The summed E-state index contributed by atoms with van der Waals surface area (Å²) in [6.45, 7) is 1.68. The molecule has 1 aromatic heterocycles. The molecule has 3 heteroatoms. The van der Waals surface area contributed by atoms with Gasteiger partial charge in [0.05, 0.1) is 5.41 Å². The molecule has 0 amide bonds. The molecule has 2 aromatic carbocycles. The maximum absolute atomic E-state index is 13.3. The number of hydrogen-bond acceptors (Lipinski definition) is 3. The third-order valence-electron chi connectivity index (χ3n) is 4.83. The summed E-state index contributed by atoms with van der Waals surface area (Å²) >= 11 is 1.72. The molecule has 2 heterocycles. The van der Waals surface area contributed by atoms with Crippen LogP contribution in [-0.2, 0) is 6.42 Å². The molecular weight excluding hydrogens is 302 g/mol. The van der Waals surface area contributed by atoms with Crippen molar-refractivity contribution in [2.24, 2.45) is 5.41 Å². The van der Waals surface area contributed by atoms with E-state index < -0.39 is 0 Å². The van der Waals surface area contributed by atoms with E-state index in [4.69, 9.17) is 0 Å². The smallest absolute Gasteiger partial charge is 0.170 e. The van der Waals surface area contributed by atoms with Crippen LogP contribution < -0.4 is 5.32 Å². The van der Waals surface area contributed by atoms with E-state index in [-0.39, 0.29) is 11.2 Å². The summed E-state index contributed by atoms with van der Waals surface area (Å²) < 4.78 is 1.24. The predicted molar refractivity (Wildman–Crippen MR) is 96.2 cm³/mol. The first kappa shape index (κ1) is 14.6. The molecular formula is C20H19NOS. The Balaban J connectivity index is 1.70. The lowest BCUT2D eigenvalue weighted by Gasteiger charge is -2.27. The highest BCUT2D eigenvalue weighted by Gasteiger charge is 2.41. The van der Waals surface area contributed by atoms with Crippen LogP contribution in [-0.4, -0.2) is 18.9 Å². The highest BCUT2D eigenvalue weighted by Crippen LogP contribution is 2.35. The van der Waals surface area contributed by atoms with Crippen molar-refractivity contribution < 1.29 is 4.79 Å². The molecule has 1 atom stereocenters. The van der Waals surface area contributed by atoms with E-state index in [9.17, 15) is 4.79 Å². The van der Waals surface area contributed by atoms with Crippen LogP contribution in [0.2, 0.25) is 0 Å². The molecule has 23 heavy (non-hydrogen) atoms. The number of rotatable bonds is 4. The van der Waals surface area contributed by atoms with Gasteiger partial charge < -0.3 is 5.32 Å². The topological polar surface area (TPSA) is 29.1 Å². The summed E-state index contributed by atoms with van der Waals surface area (Å²) in [5.41, 5.74) is 1.77. The van der Waals surface area contributed by atoms with Gasteiger partial charge in [-0.25, -0.2) is 0 Å². The molecule has 1 unspecified atom stereocenters. The normalized spacial score (nSPS) is 20.9. The maximum Gasteiger partial charge on any atom is 0.170 e. The number of carbonyl (C=O) groups is 1. The van der Waals surface area contributed by atoms with Crippen LogP contribution in [0, 0.1) is 5.41 Å². The second kappa shape index (κ2) is 5.91. The lowest BCUT2D eigenvalue weighted by Crippen LogP contribution is -2.35. The zero-order chi connectivity index (χ0) is 15.7. The fourth-order valence-corrected chi connectivity index (χ4v) is 4.34. The number of benzene rings is 2. The molecule has 1 N–H and O–H groups in total. The molecule has 3 aromatic rings. The van der Waals surface area contributed by atoms with E-state index in [1.54, 1.807) is 11.3 Å². The van der Waals surface area contributed by atoms with Gasteiger partial charge in [-0.3, -0.25) is 4.79 Å². The first-order valence-electron chi connectivity index (χ1n) is 8.04. The van der Waals surface area contributed by atoms with Crippen molar-refractivity contribution in [1.82, 2.24) is 5.32 Å². The van der Waals surface area contributed by atoms with Crippen LogP contribution in [0.25, 0.3) is 10.1 Å². The molecule has 1 fully saturated rings. The van der Waals surface area contributed by atoms with Gasteiger partial charge >= 0.3 is 0 Å². The summed E-state index contributed by atoms with van der Waals surface area (Å²) in [7, 11) is 0. The Morgan fingerprint density at radius 3 is 2.78 bits per heavy atom. The number of carbonyl (C=O) groups excluding carboxylic acids is 1. The molecule has 1 saturated heterocycles. The monoisotopic (exact) mass is 321 g/mol. The summed E-state index contributed by atoms with van der Waals surface area (Å²) in [5, 5.41) is 6.64. The third-order valence-corrected chi connectivity index (χ3v) is 5.72. The van der Waals surface area contributed by atoms with Crippen molar-refractivity contribution in [2.45, 2.75) is 12.8 Å². The lowest BCUT2D eigenvalue weighted by molar-refractivity contribution is 0.0816. The molecule has 0 spiro atoms. The SMILES string of the molecule is O=C(c1ccc2sccc2c1)C1(Cc2ccccc2)CCNC1. The average Bonchev–Trinajstić information content (AvgIpc) is 3.24. The largest absolute Gasteiger partial charge is 0.316 e. The Kier molecular flexibility index (Phi) is 3.76. The summed E-state index contributed by atoms with van der Waals surface area (Å²) in [6.07, 6.45) is 1.71. The van der Waals surface area contributed by atoms with E-state index in [2.05, 4.69) is 41.0 Å². The van der Waals surface area contributed by atoms with Crippen LogP contribution in [0.3, 0.4) is 0 Å². The molecule has 0 aliphatic carbocycles. The van der Waals surface area contributed by atoms with Gasteiger partial charge in [0.25, 0.3) is 0 Å². The van der Waals surface area contributed by atoms with Gasteiger partial charge in [-0.1, -0.05) is 30.3 Å². The molecule has 0 saturated carbocycles. The molecule has 4 rings (SSSR count). The van der Waals surface area contributed by atoms with E-state index in [1.165, 1.54) is 15.6 Å². The highest BCUT2D eigenvalue weighted by atomic mass is 32.1. The zero-order valence-corrected chi connectivity index (χ0v) is 13.7. The number of thiophene rings is 1. The summed E-state index contributed by atoms with van der Waals surface area (Å²) in [5.74, 6) is 0.277. The van der Waals surface area contributed by atoms with Gasteiger partial charge in [-0.15, -0.1) is 11.3 Å². The first-order chi connectivity index (χ1) is 11.3. The molecule has 1 aliphatic heterocycles. The third kappa shape index (κ3) is 2.71. The number of nitrogens with one attached hydrogen (secondary N) is 1. The summed E-state index contributed by atoms with van der Waals surface area (Å²) in [4.78, 5) is 13.3. The van der Waals surface area contributed by atoms with Crippen molar-refractivity contribution in [1.29, 1.82) is 0 Å².